The van der Waals surface area contributed by atoms with Gasteiger partial charge in [0.1, 0.15) is 11.5 Å². The summed E-state index contributed by atoms with van der Waals surface area (Å²) in [7, 11) is 1.81. The van der Waals surface area contributed by atoms with Gasteiger partial charge in [0.15, 0.2) is 11.6 Å². The predicted octanol–water partition coefficient (Wildman–Crippen LogP) is 4.86. The van der Waals surface area contributed by atoms with Crippen LogP contribution in [0.15, 0.2) is 72.9 Å². The first kappa shape index (κ1) is 23.1. The predicted molar refractivity (Wildman–Crippen MR) is 137 cm³/mol. The summed E-state index contributed by atoms with van der Waals surface area (Å²) in [6.07, 6.45) is 1.71. The molecular formula is C27H21ClFN7O. The second kappa shape index (κ2) is 9.25. The molecule has 5 aromatic rings. The van der Waals surface area contributed by atoms with Gasteiger partial charge in [-0.3, -0.25) is 14.5 Å². The quantitative estimate of drug-likeness (QED) is 0.343. The number of aryl methyl sites for hydroxylation is 1. The maximum atomic E-state index is 14.4. The number of aromatic nitrogens is 6. The summed E-state index contributed by atoms with van der Waals surface area (Å²) in [6.45, 7) is 1.27. The second-order valence-corrected chi connectivity index (χ2v) is 9.20. The van der Waals surface area contributed by atoms with Crippen molar-refractivity contribution in [1.82, 2.24) is 34.4 Å². The van der Waals surface area contributed by atoms with Crippen LogP contribution >= 0.6 is 11.6 Å². The maximum Gasteiger partial charge on any atom is 0.255 e. The van der Waals surface area contributed by atoms with E-state index in [-0.39, 0.29) is 12.5 Å². The molecule has 3 aromatic heterocycles. The van der Waals surface area contributed by atoms with Gasteiger partial charge < -0.3 is 9.47 Å². The number of hydrogen-bond donors (Lipinski definition) is 0. The van der Waals surface area contributed by atoms with Gasteiger partial charge in [-0.15, -0.1) is 10.2 Å². The molecule has 0 saturated heterocycles. The Balaban J connectivity index is 1.31. The van der Waals surface area contributed by atoms with Gasteiger partial charge in [-0.25, -0.2) is 4.39 Å². The highest BCUT2D eigenvalue weighted by molar-refractivity contribution is 6.30. The van der Waals surface area contributed by atoms with Crippen molar-refractivity contribution in [3.05, 3.63) is 95.2 Å². The van der Waals surface area contributed by atoms with E-state index in [0.717, 1.165) is 17.0 Å². The minimum atomic E-state index is -0.441. The number of rotatable bonds is 4. The van der Waals surface area contributed by atoms with E-state index < -0.39 is 5.82 Å². The molecule has 0 aliphatic carbocycles. The Kier molecular flexibility index (Phi) is 5.77. The Morgan fingerprint density at radius 1 is 0.973 bits per heavy atom. The summed E-state index contributed by atoms with van der Waals surface area (Å²) in [5, 5.41) is 13.8. The molecule has 10 heteroatoms. The molecule has 0 unspecified atom stereocenters. The highest BCUT2D eigenvalue weighted by atomic mass is 35.5. The zero-order valence-corrected chi connectivity index (χ0v) is 20.6. The molecule has 0 atom stereocenters. The molecular weight excluding hydrogens is 493 g/mol. The van der Waals surface area contributed by atoms with Crippen LogP contribution in [0.5, 0.6) is 0 Å². The van der Waals surface area contributed by atoms with Crippen molar-refractivity contribution in [3.8, 4) is 34.0 Å². The van der Waals surface area contributed by atoms with Gasteiger partial charge in [0.2, 0.25) is 0 Å². The van der Waals surface area contributed by atoms with E-state index in [1.54, 1.807) is 27.9 Å². The summed E-state index contributed by atoms with van der Waals surface area (Å²) < 4.78 is 18.1. The topological polar surface area (TPSA) is 81.7 Å². The van der Waals surface area contributed by atoms with E-state index in [0.29, 0.717) is 46.6 Å². The van der Waals surface area contributed by atoms with Crippen LogP contribution in [0.3, 0.4) is 0 Å². The highest BCUT2D eigenvalue weighted by Gasteiger charge is 2.28. The Morgan fingerprint density at radius 3 is 2.59 bits per heavy atom. The van der Waals surface area contributed by atoms with Crippen LogP contribution in [0.1, 0.15) is 16.2 Å². The van der Waals surface area contributed by atoms with Crippen LogP contribution in [0.4, 0.5) is 4.39 Å². The van der Waals surface area contributed by atoms with Gasteiger partial charge in [-0.05, 0) is 54.1 Å². The Bertz CT molecular complexity index is 1610. The van der Waals surface area contributed by atoms with Gasteiger partial charge in [0.05, 0.1) is 17.9 Å². The zero-order valence-electron chi connectivity index (χ0n) is 19.8. The fraction of sp³-hybridized carbons (Fsp3) is 0.148. The summed E-state index contributed by atoms with van der Waals surface area (Å²) in [4.78, 5) is 19.7. The molecule has 0 fully saturated rings. The molecule has 0 N–H and O–H groups in total. The average molecular weight is 514 g/mol. The van der Waals surface area contributed by atoms with Crippen molar-refractivity contribution in [2.45, 2.75) is 13.1 Å². The minimum absolute atomic E-state index is 0.220. The number of pyridine rings is 1. The van der Waals surface area contributed by atoms with Crippen molar-refractivity contribution in [2.24, 2.45) is 7.05 Å². The first-order valence-corrected chi connectivity index (χ1v) is 12.1. The third-order valence-corrected chi connectivity index (χ3v) is 6.69. The standard InChI is InChI=1S/C27H21ClFN7O/c1-34-24(17-5-7-18(28)8-6-17)15-23(33-34)21-14-19(29)9-10-20(21)27(37)35-12-13-36-25(16-35)31-32-26(36)22-4-2-3-11-30-22/h2-11,14-15H,12-13,16H2,1H3. The summed E-state index contributed by atoms with van der Waals surface area (Å²) in [5.41, 5.74) is 3.78. The molecule has 1 aliphatic rings. The first-order valence-electron chi connectivity index (χ1n) is 11.7. The Hall–Kier alpha value is -4.37. The van der Waals surface area contributed by atoms with E-state index in [9.17, 15) is 9.18 Å². The molecule has 184 valence electrons. The molecule has 2 aromatic carbocycles. The molecule has 8 nitrogen and oxygen atoms in total. The van der Waals surface area contributed by atoms with Crippen LogP contribution in [0.2, 0.25) is 5.02 Å². The lowest BCUT2D eigenvalue weighted by Gasteiger charge is -2.28. The number of halogens is 2. The Labute approximate surface area is 217 Å². The SMILES string of the molecule is Cn1nc(-c2cc(F)ccc2C(=O)N2CCn3c(nnc3-c3ccccn3)C2)cc1-c1ccc(Cl)cc1. The molecule has 37 heavy (non-hydrogen) atoms. The molecule has 0 spiro atoms. The summed E-state index contributed by atoms with van der Waals surface area (Å²) >= 11 is 6.03. The lowest BCUT2D eigenvalue weighted by molar-refractivity contribution is 0.0708. The summed E-state index contributed by atoms with van der Waals surface area (Å²) in [5.74, 6) is 0.686. The molecule has 0 radical (unpaired) electrons. The third-order valence-electron chi connectivity index (χ3n) is 6.44. The van der Waals surface area contributed by atoms with E-state index in [2.05, 4.69) is 20.3 Å². The molecule has 1 amide bonds. The lowest BCUT2D eigenvalue weighted by atomic mass is 10.0. The van der Waals surface area contributed by atoms with Crippen LogP contribution < -0.4 is 0 Å². The average Bonchev–Trinajstić information content (AvgIpc) is 3.52. The lowest BCUT2D eigenvalue weighted by Crippen LogP contribution is -2.38. The highest BCUT2D eigenvalue weighted by Crippen LogP contribution is 2.31. The van der Waals surface area contributed by atoms with Crippen molar-refractivity contribution in [3.63, 3.8) is 0 Å². The van der Waals surface area contributed by atoms with E-state index in [1.165, 1.54) is 18.2 Å². The molecule has 0 bridgehead atoms. The number of benzene rings is 2. The first-order chi connectivity index (χ1) is 18.0. The number of hydrogen-bond acceptors (Lipinski definition) is 5. The van der Waals surface area contributed by atoms with E-state index in [4.69, 9.17) is 11.6 Å². The second-order valence-electron chi connectivity index (χ2n) is 8.77. The van der Waals surface area contributed by atoms with Crippen LogP contribution in [0.25, 0.3) is 34.0 Å². The van der Waals surface area contributed by atoms with Crippen LogP contribution in [-0.4, -0.2) is 46.9 Å². The Morgan fingerprint density at radius 2 is 1.81 bits per heavy atom. The van der Waals surface area contributed by atoms with Crippen LogP contribution in [0, 0.1) is 5.82 Å². The molecule has 1 aliphatic heterocycles. The normalized spacial score (nSPS) is 13.0. The van der Waals surface area contributed by atoms with Gasteiger partial charge in [0, 0.05) is 42.5 Å². The largest absolute Gasteiger partial charge is 0.329 e. The maximum absolute atomic E-state index is 14.4. The minimum Gasteiger partial charge on any atom is -0.329 e. The fourth-order valence-corrected chi connectivity index (χ4v) is 4.72. The number of nitrogens with zero attached hydrogens (tertiary/aromatic N) is 7. The van der Waals surface area contributed by atoms with Crippen LogP contribution in [-0.2, 0) is 20.1 Å². The van der Waals surface area contributed by atoms with Crippen molar-refractivity contribution >= 4 is 17.5 Å². The smallest absolute Gasteiger partial charge is 0.255 e. The number of carbonyl (C=O) groups excluding carboxylic acids is 1. The molecule has 0 saturated carbocycles. The van der Waals surface area contributed by atoms with Gasteiger partial charge >= 0.3 is 0 Å². The zero-order chi connectivity index (χ0) is 25.5. The fourth-order valence-electron chi connectivity index (χ4n) is 4.59. The monoisotopic (exact) mass is 513 g/mol. The van der Waals surface area contributed by atoms with E-state index >= 15 is 0 Å². The molecule has 4 heterocycles. The third kappa shape index (κ3) is 4.27. The summed E-state index contributed by atoms with van der Waals surface area (Å²) in [6, 6.07) is 19.0. The number of carbonyl (C=O) groups is 1. The van der Waals surface area contributed by atoms with Gasteiger partial charge in [-0.1, -0.05) is 29.8 Å². The van der Waals surface area contributed by atoms with Gasteiger partial charge in [-0.2, -0.15) is 5.10 Å². The molecule has 6 rings (SSSR count). The number of amides is 1. The number of fused-ring (bicyclic) bond motifs is 1. The van der Waals surface area contributed by atoms with Crippen molar-refractivity contribution < 1.29 is 9.18 Å². The van der Waals surface area contributed by atoms with Crippen molar-refractivity contribution in [1.29, 1.82) is 0 Å². The van der Waals surface area contributed by atoms with E-state index in [1.807, 2.05) is 48.0 Å². The van der Waals surface area contributed by atoms with Gasteiger partial charge in [0.25, 0.3) is 5.91 Å². The van der Waals surface area contributed by atoms with Crippen molar-refractivity contribution in [2.75, 3.05) is 6.54 Å².